The highest BCUT2D eigenvalue weighted by Crippen LogP contribution is 2.31. The van der Waals surface area contributed by atoms with Crippen LogP contribution in [0.4, 0.5) is 0 Å². The fourth-order valence-electron chi connectivity index (χ4n) is 5.22. The van der Waals surface area contributed by atoms with E-state index in [0.29, 0.717) is 12.3 Å². The molecule has 1 aliphatic rings. The number of aromatic nitrogens is 1. The number of pyridine rings is 1. The lowest BCUT2D eigenvalue weighted by atomic mass is 9.84. The molecule has 1 aromatic heterocycles. The zero-order valence-electron chi connectivity index (χ0n) is 22.6. The number of amides is 1. The molecule has 4 nitrogen and oxygen atoms in total. The molecule has 34 heavy (non-hydrogen) atoms. The molecular weight excluding hydrogens is 418 g/mol. The maximum atomic E-state index is 13.0. The fraction of sp³-hybridized carbons (Fsp3) is 0.800. The van der Waals surface area contributed by atoms with Gasteiger partial charge < -0.3 is 10.2 Å². The maximum Gasteiger partial charge on any atom is 0.220 e. The number of nitrogens with one attached hydrogen (secondary N) is 1. The molecule has 1 aromatic rings. The Morgan fingerprint density at radius 3 is 2.32 bits per heavy atom. The maximum absolute atomic E-state index is 13.0. The van der Waals surface area contributed by atoms with Gasteiger partial charge in [-0.05, 0) is 88.2 Å². The Balaban J connectivity index is 1.89. The van der Waals surface area contributed by atoms with Crippen LogP contribution in [-0.4, -0.2) is 35.4 Å². The van der Waals surface area contributed by atoms with Crippen molar-refractivity contribution in [2.75, 3.05) is 19.6 Å². The second kappa shape index (κ2) is 17.9. The van der Waals surface area contributed by atoms with Gasteiger partial charge >= 0.3 is 0 Å². The van der Waals surface area contributed by atoms with Crippen molar-refractivity contribution in [2.45, 2.75) is 130 Å². The van der Waals surface area contributed by atoms with Crippen molar-refractivity contribution in [3.8, 4) is 0 Å². The SMILES string of the molecule is CCCCc1ccnc([C@H](CC2CCCCC2)NC(=O)CCCCN(CCCC)CCCC)c1. The van der Waals surface area contributed by atoms with Crippen LogP contribution in [-0.2, 0) is 11.2 Å². The number of carbonyl (C=O) groups excluding carboxylic acids is 1. The molecule has 1 amide bonds. The van der Waals surface area contributed by atoms with Gasteiger partial charge in [0.1, 0.15) is 0 Å². The molecule has 0 aliphatic heterocycles. The molecule has 0 radical (unpaired) electrons. The second-order valence-electron chi connectivity index (χ2n) is 10.6. The lowest BCUT2D eigenvalue weighted by molar-refractivity contribution is -0.122. The summed E-state index contributed by atoms with van der Waals surface area (Å²) >= 11 is 0. The Kier molecular flexibility index (Phi) is 15.2. The molecule has 1 atom stereocenters. The molecule has 1 fully saturated rings. The van der Waals surface area contributed by atoms with Crippen LogP contribution in [0.15, 0.2) is 18.3 Å². The zero-order valence-corrected chi connectivity index (χ0v) is 22.6. The predicted octanol–water partition coefficient (Wildman–Crippen LogP) is 7.62. The molecule has 1 N–H and O–H groups in total. The standard InChI is InChI=1S/C30H53N3O/c1-4-7-15-27-19-20-31-28(24-27)29(25-26-16-11-10-12-17-26)32-30(34)18-13-14-23-33(21-8-5-2)22-9-6-3/h19-20,24,26,29H,4-18,21-23,25H2,1-3H3,(H,32,34)/t29-/m0/s1. The van der Waals surface area contributed by atoms with Gasteiger partial charge in [-0.2, -0.15) is 0 Å². The number of carbonyl (C=O) groups is 1. The highest BCUT2D eigenvalue weighted by Gasteiger charge is 2.23. The van der Waals surface area contributed by atoms with Gasteiger partial charge in [0.05, 0.1) is 11.7 Å². The van der Waals surface area contributed by atoms with Crippen molar-refractivity contribution in [1.29, 1.82) is 0 Å². The van der Waals surface area contributed by atoms with E-state index in [0.717, 1.165) is 37.9 Å². The Labute approximate surface area is 210 Å². The summed E-state index contributed by atoms with van der Waals surface area (Å²) in [6, 6.07) is 4.45. The number of rotatable bonds is 18. The monoisotopic (exact) mass is 471 g/mol. The quantitative estimate of drug-likeness (QED) is 0.224. The number of hydrogen-bond acceptors (Lipinski definition) is 3. The van der Waals surface area contributed by atoms with E-state index in [4.69, 9.17) is 4.98 Å². The smallest absolute Gasteiger partial charge is 0.220 e. The molecular formula is C30H53N3O. The number of unbranched alkanes of at least 4 members (excludes halogenated alkanes) is 4. The Morgan fingerprint density at radius 1 is 0.971 bits per heavy atom. The van der Waals surface area contributed by atoms with E-state index >= 15 is 0 Å². The second-order valence-corrected chi connectivity index (χ2v) is 10.6. The third-order valence-electron chi connectivity index (χ3n) is 7.43. The summed E-state index contributed by atoms with van der Waals surface area (Å²) in [4.78, 5) is 20.3. The van der Waals surface area contributed by atoms with E-state index in [9.17, 15) is 4.79 Å². The van der Waals surface area contributed by atoms with Crippen molar-refractivity contribution in [3.63, 3.8) is 0 Å². The van der Waals surface area contributed by atoms with Gasteiger partial charge in [-0.15, -0.1) is 0 Å². The van der Waals surface area contributed by atoms with Gasteiger partial charge in [0, 0.05) is 12.6 Å². The largest absolute Gasteiger partial charge is 0.348 e. The zero-order chi connectivity index (χ0) is 24.4. The first-order valence-electron chi connectivity index (χ1n) is 14.6. The average Bonchev–Trinajstić information content (AvgIpc) is 2.86. The van der Waals surface area contributed by atoms with Gasteiger partial charge in [-0.3, -0.25) is 9.78 Å². The van der Waals surface area contributed by atoms with Crippen LogP contribution in [0.1, 0.15) is 134 Å². The lowest BCUT2D eigenvalue weighted by Crippen LogP contribution is -2.31. The third kappa shape index (κ3) is 11.8. The fourth-order valence-corrected chi connectivity index (χ4v) is 5.22. The molecule has 2 rings (SSSR count). The Hall–Kier alpha value is -1.42. The molecule has 0 bridgehead atoms. The summed E-state index contributed by atoms with van der Waals surface area (Å²) in [5.74, 6) is 0.918. The molecule has 1 saturated carbocycles. The van der Waals surface area contributed by atoms with Crippen molar-refractivity contribution in [2.24, 2.45) is 5.92 Å². The van der Waals surface area contributed by atoms with Crippen molar-refractivity contribution < 1.29 is 4.79 Å². The van der Waals surface area contributed by atoms with E-state index in [2.05, 4.69) is 43.1 Å². The van der Waals surface area contributed by atoms with Crippen molar-refractivity contribution in [3.05, 3.63) is 29.6 Å². The molecule has 1 heterocycles. The van der Waals surface area contributed by atoms with E-state index < -0.39 is 0 Å². The minimum Gasteiger partial charge on any atom is -0.348 e. The first kappa shape index (κ1) is 28.8. The van der Waals surface area contributed by atoms with Crippen molar-refractivity contribution >= 4 is 5.91 Å². The number of aryl methyl sites for hydroxylation is 1. The van der Waals surface area contributed by atoms with Crippen molar-refractivity contribution in [1.82, 2.24) is 15.2 Å². The van der Waals surface area contributed by atoms with E-state index in [1.165, 1.54) is 89.3 Å². The summed E-state index contributed by atoms with van der Waals surface area (Å²) in [5, 5.41) is 3.41. The van der Waals surface area contributed by atoms with E-state index in [-0.39, 0.29) is 11.9 Å². The molecule has 0 spiro atoms. The summed E-state index contributed by atoms with van der Waals surface area (Å²) < 4.78 is 0. The van der Waals surface area contributed by atoms with Crippen LogP contribution in [0, 0.1) is 5.92 Å². The minimum atomic E-state index is 0.0581. The average molecular weight is 472 g/mol. The normalized spacial score (nSPS) is 15.5. The van der Waals surface area contributed by atoms with Gasteiger partial charge in [0.25, 0.3) is 0 Å². The molecule has 0 saturated heterocycles. The summed E-state index contributed by atoms with van der Waals surface area (Å²) in [6.07, 6.45) is 20.9. The van der Waals surface area contributed by atoms with Crippen LogP contribution in [0.3, 0.4) is 0 Å². The summed E-state index contributed by atoms with van der Waals surface area (Å²) in [5.41, 5.74) is 2.42. The molecule has 4 heteroatoms. The first-order valence-corrected chi connectivity index (χ1v) is 14.6. The van der Waals surface area contributed by atoms with Gasteiger partial charge in [-0.25, -0.2) is 0 Å². The highest BCUT2D eigenvalue weighted by molar-refractivity contribution is 5.76. The predicted molar refractivity (Wildman–Crippen MR) is 145 cm³/mol. The molecule has 194 valence electrons. The van der Waals surface area contributed by atoms with Crippen LogP contribution in [0.5, 0.6) is 0 Å². The third-order valence-corrected chi connectivity index (χ3v) is 7.43. The minimum absolute atomic E-state index is 0.0581. The highest BCUT2D eigenvalue weighted by atomic mass is 16.1. The van der Waals surface area contributed by atoms with Gasteiger partial charge in [-0.1, -0.05) is 72.1 Å². The lowest BCUT2D eigenvalue weighted by Gasteiger charge is -2.27. The van der Waals surface area contributed by atoms with Crippen LogP contribution in [0.2, 0.25) is 0 Å². The van der Waals surface area contributed by atoms with E-state index in [1.807, 2.05) is 6.20 Å². The number of nitrogens with zero attached hydrogens (tertiary/aromatic N) is 2. The number of hydrogen-bond donors (Lipinski definition) is 1. The van der Waals surface area contributed by atoms with Gasteiger partial charge in [0.2, 0.25) is 5.91 Å². The van der Waals surface area contributed by atoms with Crippen LogP contribution >= 0.6 is 0 Å². The van der Waals surface area contributed by atoms with Gasteiger partial charge in [0.15, 0.2) is 0 Å². The van der Waals surface area contributed by atoms with Crippen LogP contribution in [0.25, 0.3) is 0 Å². The molecule has 0 unspecified atom stereocenters. The van der Waals surface area contributed by atoms with Crippen LogP contribution < -0.4 is 5.32 Å². The van der Waals surface area contributed by atoms with E-state index in [1.54, 1.807) is 0 Å². The first-order chi connectivity index (χ1) is 16.7. The Morgan fingerprint density at radius 2 is 1.65 bits per heavy atom. The summed E-state index contributed by atoms with van der Waals surface area (Å²) in [6.45, 7) is 10.3. The topological polar surface area (TPSA) is 45.2 Å². The molecule has 1 aliphatic carbocycles. The Bertz CT molecular complexity index is 648. The summed E-state index contributed by atoms with van der Waals surface area (Å²) in [7, 11) is 0. The molecule has 0 aromatic carbocycles.